The van der Waals surface area contributed by atoms with Crippen LogP contribution < -0.4 is 10.1 Å². The van der Waals surface area contributed by atoms with Crippen molar-refractivity contribution in [3.8, 4) is 5.75 Å². The molecule has 1 aliphatic carbocycles. The molecule has 4 heteroatoms. The number of fused-ring (bicyclic) bond motifs is 1. The van der Waals surface area contributed by atoms with Crippen LogP contribution >= 0.6 is 11.6 Å². The number of nitrogens with one attached hydrogen (secondary N) is 2. The fourth-order valence-electron chi connectivity index (χ4n) is 2.80. The fourth-order valence-corrected chi connectivity index (χ4v) is 3.06. The second kappa shape index (κ2) is 4.18. The van der Waals surface area contributed by atoms with Crippen LogP contribution in [0.25, 0.3) is 10.9 Å². The Labute approximate surface area is 111 Å². The van der Waals surface area contributed by atoms with Crippen LogP contribution in [0.2, 0.25) is 5.02 Å². The summed E-state index contributed by atoms with van der Waals surface area (Å²) >= 11 is 6.37. The highest BCUT2D eigenvalue weighted by Crippen LogP contribution is 2.51. The van der Waals surface area contributed by atoms with Crippen molar-refractivity contribution in [3.63, 3.8) is 0 Å². The van der Waals surface area contributed by atoms with Gasteiger partial charge in [-0.1, -0.05) is 11.6 Å². The maximum Gasteiger partial charge on any atom is 0.143 e. The third-order valence-electron chi connectivity index (χ3n) is 3.91. The zero-order chi connectivity index (χ0) is 12.8. The summed E-state index contributed by atoms with van der Waals surface area (Å²) in [6.45, 7) is 0.994. The van der Waals surface area contributed by atoms with Gasteiger partial charge in [-0.15, -0.1) is 0 Å². The van der Waals surface area contributed by atoms with E-state index in [1.54, 1.807) is 7.11 Å². The minimum atomic E-state index is 0.253. The first kappa shape index (κ1) is 11.9. The van der Waals surface area contributed by atoms with Crippen LogP contribution in [0.1, 0.15) is 18.4 Å². The molecule has 1 aliphatic rings. The van der Waals surface area contributed by atoms with Gasteiger partial charge in [-0.25, -0.2) is 0 Å². The number of benzene rings is 1. The summed E-state index contributed by atoms with van der Waals surface area (Å²) in [6.07, 6.45) is 4.52. The van der Waals surface area contributed by atoms with Crippen LogP contribution in [-0.4, -0.2) is 25.7 Å². The number of aromatic amines is 1. The Morgan fingerprint density at radius 1 is 1.44 bits per heavy atom. The quantitative estimate of drug-likeness (QED) is 0.891. The van der Waals surface area contributed by atoms with Crippen LogP contribution in [-0.2, 0) is 5.41 Å². The van der Waals surface area contributed by atoms with Crippen LogP contribution in [0.15, 0.2) is 18.3 Å². The summed E-state index contributed by atoms with van der Waals surface area (Å²) in [7, 11) is 3.68. The summed E-state index contributed by atoms with van der Waals surface area (Å²) in [5.41, 5.74) is 2.57. The van der Waals surface area contributed by atoms with Gasteiger partial charge in [-0.3, -0.25) is 0 Å². The number of likely N-dealkylation sites (N-methyl/N-ethyl adjacent to an activating group) is 1. The number of hydrogen-bond acceptors (Lipinski definition) is 2. The second-order valence-electron chi connectivity index (χ2n) is 5.01. The lowest BCUT2D eigenvalue weighted by molar-refractivity contribution is 0.419. The molecule has 1 heterocycles. The van der Waals surface area contributed by atoms with Crippen molar-refractivity contribution < 1.29 is 4.74 Å². The van der Waals surface area contributed by atoms with Crippen LogP contribution in [0, 0.1) is 0 Å². The normalized spacial score (nSPS) is 17.1. The number of ether oxygens (including phenoxy) is 1. The number of H-pyrrole nitrogens is 1. The first-order chi connectivity index (χ1) is 8.72. The van der Waals surface area contributed by atoms with Gasteiger partial charge in [0.1, 0.15) is 5.75 Å². The van der Waals surface area contributed by atoms with Crippen LogP contribution in [0.4, 0.5) is 0 Å². The van der Waals surface area contributed by atoms with E-state index in [0.717, 1.165) is 28.2 Å². The molecule has 3 nitrogen and oxygen atoms in total. The van der Waals surface area contributed by atoms with Crippen molar-refractivity contribution in [2.24, 2.45) is 0 Å². The molecule has 0 aliphatic heterocycles. The number of halogens is 1. The predicted octanol–water partition coefficient (Wildman–Crippen LogP) is 3.08. The number of aromatic nitrogens is 1. The third-order valence-corrected chi connectivity index (χ3v) is 4.22. The first-order valence-corrected chi connectivity index (χ1v) is 6.58. The lowest BCUT2D eigenvalue weighted by Crippen LogP contribution is -2.23. The SMILES string of the molecule is CNCC1(c2c[nH]c3c(OC)ccc(Cl)c23)CC1. The minimum absolute atomic E-state index is 0.253. The smallest absolute Gasteiger partial charge is 0.143 e. The Morgan fingerprint density at radius 3 is 2.83 bits per heavy atom. The summed E-state index contributed by atoms with van der Waals surface area (Å²) < 4.78 is 5.38. The van der Waals surface area contributed by atoms with E-state index in [-0.39, 0.29) is 5.41 Å². The molecule has 0 saturated heterocycles. The highest BCUT2D eigenvalue weighted by Gasteiger charge is 2.45. The van der Waals surface area contributed by atoms with E-state index in [9.17, 15) is 0 Å². The van der Waals surface area contributed by atoms with E-state index in [0.29, 0.717) is 0 Å². The molecular weight excluding hydrogens is 248 g/mol. The van der Waals surface area contributed by atoms with E-state index < -0.39 is 0 Å². The Kier molecular flexibility index (Phi) is 2.76. The van der Waals surface area contributed by atoms with Gasteiger partial charge in [-0.05, 0) is 37.6 Å². The Bertz CT molecular complexity index is 587. The van der Waals surface area contributed by atoms with Gasteiger partial charge in [0.05, 0.1) is 17.6 Å². The van der Waals surface area contributed by atoms with Crippen LogP contribution in [0.5, 0.6) is 5.75 Å². The maximum absolute atomic E-state index is 6.37. The van der Waals surface area contributed by atoms with Crippen molar-refractivity contribution in [2.45, 2.75) is 18.3 Å². The monoisotopic (exact) mass is 264 g/mol. The zero-order valence-corrected chi connectivity index (χ0v) is 11.4. The first-order valence-electron chi connectivity index (χ1n) is 6.20. The van der Waals surface area contributed by atoms with Crippen molar-refractivity contribution in [2.75, 3.05) is 20.7 Å². The van der Waals surface area contributed by atoms with E-state index >= 15 is 0 Å². The van der Waals surface area contributed by atoms with Crippen LogP contribution in [0.3, 0.4) is 0 Å². The predicted molar refractivity (Wildman–Crippen MR) is 74.7 cm³/mol. The largest absolute Gasteiger partial charge is 0.495 e. The molecule has 2 N–H and O–H groups in total. The standard InChI is InChI=1S/C14H17ClN2O/c1-16-8-14(5-6-14)9-7-17-13-11(18-2)4-3-10(15)12(9)13/h3-4,7,16-17H,5-6,8H2,1-2H3. The third kappa shape index (κ3) is 1.62. The number of hydrogen-bond donors (Lipinski definition) is 2. The van der Waals surface area contributed by atoms with Crippen molar-refractivity contribution in [1.82, 2.24) is 10.3 Å². The fraction of sp³-hybridized carbons (Fsp3) is 0.429. The second-order valence-corrected chi connectivity index (χ2v) is 5.42. The molecule has 0 radical (unpaired) electrons. The molecule has 18 heavy (non-hydrogen) atoms. The van der Waals surface area contributed by atoms with E-state index in [4.69, 9.17) is 16.3 Å². The lowest BCUT2D eigenvalue weighted by Gasteiger charge is -2.14. The minimum Gasteiger partial charge on any atom is -0.495 e. The van der Waals surface area contributed by atoms with Gasteiger partial charge in [0.25, 0.3) is 0 Å². The molecule has 0 atom stereocenters. The molecule has 1 saturated carbocycles. The summed E-state index contributed by atoms with van der Waals surface area (Å²) in [4.78, 5) is 3.32. The van der Waals surface area contributed by atoms with Gasteiger partial charge in [0.15, 0.2) is 0 Å². The number of methoxy groups -OCH3 is 1. The molecule has 0 amide bonds. The van der Waals surface area contributed by atoms with Gasteiger partial charge in [0, 0.05) is 23.5 Å². The average Bonchev–Trinajstić information content (AvgIpc) is 3.00. The average molecular weight is 265 g/mol. The molecule has 0 unspecified atom stereocenters. The van der Waals surface area contributed by atoms with Crippen molar-refractivity contribution in [1.29, 1.82) is 0 Å². The molecule has 2 aromatic rings. The van der Waals surface area contributed by atoms with Gasteiger partial charge in [0.2, 0.25) is 0 Å². The highest BCUT2D eigenvalue weighted by atomic mass is 35.5. The highest BCUT2D eigenvalue weighted by molar-refractivity contribution is 6.36. The molecule has 1 aromatic carbocycles. The van der Waals surface area contributed by atoms with E-state index in [2.05, 4.69) is 16.5 Å². The van der Waals surface area contributed by atoms with E-state index in [1.165, 1.54) is 18.4 Å². The van der Waals surface area contributed by atoms with Gasteiger partial charge >= 0.3 is 0 Å². The Hall–Kier alpha value is -1.19. The molecule has 0 bridgehead atoms. The molecule has 0 spiro atoms. The van der Waals surface area contributed by atoms with E-state index in [1.807, 2.05) is 19.2 Å². The zero-order valence-electron chi connectivity index (χ0n) is 10.6. The number of rotatable bonds is 4. The molecule has 3 rings (SSSR count). The summed E-state index contributed by atoms with van der Waals surface area (Å²) in [5.74, 6) is 0.848. The summed E-state index contributed by atoms with van der Waals surface area (Å²) in [5, 5.41) is 5.19. The molecule has 96 valence electrons. The Balaban J connectivity index is 2.20. The van der Waals surface area contributed by atoms with Gasteiger partial charge in [-0.2, -0.15) is 0 Å². The molecule has 1 aromatic heterocycles. The Morgan fingerprint density at radius 2 is 2.22 bits per heavy atom. The molecule has 1 fully saturated rings. The maximum atomic E-state index is 6.37. The topological polar surface area (TPSA) is 37.0 Å². The van der Waals surface area contributed by atoms with Crippen molar-refractivity contribution in [3.05, 3.63) is 28.9 Å². The summed E-state index contributed by atoms with van der Waals surface area (Å²) in [6, 6.07) is 3.82. The van der Waals surface area contributed by atoms with Crippen molar-refractivity contribution >= 4 is 22.5 Å². The lowest BCUT2D eigenvalue weighted by atomic mass is 9.95. The van der Waals surface area contributed by atoms with Gasteiger partial charge < -0.3 is 15.0 Å². The molecular formula is C14H17ClN2O.